The zero-order chi connectivity index (χ0) is 22.8. The molecule has 1 aliphatic rings. The number of anilines is 1. The normalized spacial score (nSPS) is 14.6. The van der Waals surface area contributed by atoms with Gasteiger partial charge in [-0.1, -0.05) is 31.5 Å². The minimum Gasteiger partial charge on any atom is -0.377 e. The van der Waals surface area contributed by atoms with Gasteiger partial charge in [0.25, 0.3) is 0 Å². The molecule has 0 unspecified atom stereocenters. The molecule has 0 radical (unpaired) electrons. The van der Waals surface area contributed by atoms with Gasteiger partial charge in [0, 0.05) is 39.7 Å². The first-order valence-electron chi connectivity index (χ1n) is 11.2. The first kappa shape index (κ1) is 22.2. The summed E-state index contributed by atoms with van der Waals surface area (Å²) in [4.78, 5) is 26.3. The standard InChI is InChI=1S/C24H32N6O2/c1-16(2)14-21(31)28-10-12-29(13-11-28)23-22-18(4)27-30(19-8-6-17(3)7-9-19)24(22)26-20(25-23)15-32-5/h6-9,16H,10-15H2,1-5H3. The Morgan fingerprint density at radius 3 is 2.38 bits per heavy atom. The topological polar surface area (TPSA) is 76.4 Å². The third-order valence-corrected chi connectivity index (χ3v) is 5.80. The molecule has 3 aromatic rings. The van der Waals surface area contributed by atoms with Crippen LogP contribution in [0, 0.1) is 19.8 Å². The van der Waals surface area contributed by atoms with Crippen LogP contribution in [-0.2, 0) is 16.1 Å². The molecule has 8 heteroatoms. The first-order chi connectivity index (χ1) is 15.4. The molecule has 0 N–H and O–H groups in total. The van der Waals surface area contributed by atoms with Crippen LogP contribution in [0.2, 0.25) is 0 Å². The lowest BCUT2D eigenvalue weighted by Crippen LogP contribution is -2.49. The van der Waals surface area contributed by atoms with E-state index in [1.165, 1.54) is 5.56 Å². The Kier molecular flexibility index (Phi) is 6.41. The first-order valence-corrected chi connectivity index (χ1v) is 11.2. The number of rotatable bonds is 6. The number of aryl methyl sites for hydroxylation is 2. The lowest BCUT2D eigenvalue weighted by molar-refractivity contribution is -0.132. The largest absolute Gasteiger partial charge is 0.377 e. The molecule has 3 heterocycles. The van der Waals surface area contributed by atoms with Gasteiger partial charge in [0.05, 0.1) is 16.8 Å². The van der Waals surface area contributed by atoms with Crippen molar-refractivity contribution >= 4 is 22.8 Å². The van der Waals surface area contributed by atoms with E-state index in [0.717, 1.165) is 41.3 Å². The van der Waals surface area contributed by atoms with Crippen LogP contribution < -0.4 is 4.90 Å². The van der Waals surface area contributed by atoms with E-state index < -0.39 is 0 Å². The summed E-state index contributed by atoms with van der Waals surface area (Å²) in [7, 11) is 1.65. The van der Waals surface area contributed by atoms with Crippen LogP contribution >= 0.6 is 0 Å². The quantitative estimate of drug-likeness (QED) is 0.590. The fourth-order valence-electron chi connectivity index (χ4n) is 4.14. The van der Waals surface area contributed by atoms with Crippen molar-refractivity contribution in [3.63, 3.8) is 0 Å². The van der Waals surface area contributed by atoms with Crippen molar-refractivity contribution < 1.29 is 9.53 Å². The van der Waals surface area contributed by atoms with Gasteiger partial charge >= 0.3 is 0 Å². The second-order valence-corrected chi connectivity index (χ2v) is 8.89. The summed E-state index contributed by atoms with van der Waals surface area (Å²) in [6.45, 7) is 11.4. The van der Waals surface area contributed by atoms with Crippen molar-refractivity contribution in [2.24, 2.45) is 5.92 Å². The van der Waals surface area contributed by atoms with E-state index in [2.05, 4.69) is 49.9 Å². The van der Waals surface area contributed by atoms with Crippen molar-refractivity contribution in [1.29, 1.82) is 0 Å². The molecule has 2 aromatic heterocycles. The average Bonchev–Trinajstić information content (AvgIpc) is 3.10. The number of nitrogens with zero attached hydrogens (tertiary/aromatic N) is 6. The highest BCUT2D eigenvalue weighted by molar-refractivity contribution is 5.91. The second-order valence-electron chi connectivity index (χ2n) is 8.89. The van der Waals surface area contributed by atoms with Crippen LogP contribution in [-0.4, -0.2) is 63.8 Å². The Balaban J connectivity index is 1.70. The third-order valence-electron chi connectivity index (χ3n) is 5.80. The number of ether oxygens (including phenoxy) is 1. The summed E-state index contributed by atoms with van der Waals surface area (Å²) in [6.07, 6.45) is 0.595. The van der Waals surface area contributed by atoms with Gasteiger partial charge in [0.2, 0.25) is 5.91 Å². The van der Waals surface area contributed by atoms with E-state index in [1.807, 2.05) is 16.5 Å². The Morgan fingerprint density at radius 2 is 1.75 bits per heavy atom. The van der Waals surface area contributed by atoms with E-state index >= 15 is 0 Å². The maximum atomic E-state index is 12.5. The van der Waals surface area contributed by atoms with Gasteiger partial charge < -0.3 is 14.5 Å². The molecule has 8 nitrogen and oxygen atoms in total. The molecule has 0 saturated carbocycles. The molecule has 1 saturated heterocycles. The Bertz CT molecular complexity index is 1100. The summed E-state index contributed by atoms with van der Waals surface area (Å²) in [5.41, 5.74) is 3.83. The highest BCUT2D eigenvalue weighted by Crippen LogP contribution is 2.30. The Hall–Kier alpha value is -3.00. The summed E-state index contributed by atoms with van der Waals surface area (Å²) in [5, 5.41) is 5.76. The van der Waals surface area contributed by atoms with E-state index in [1.54, 1.807) is 7.11 Å². The summed E-state index contributed by atoms with van der Waals surface area (Å²) in [6, 6.07) is 8.25. The predicted molar refractivity (Wildman–Crippen MR) is 125 cm³/mol. The second kappa shape index (κ2) is 9.24. The summed E-state index contributed by atoms with van der Waals surface area (Å²) in [5.74, 6) is 2.10. The number of fused-ring (bicyclic) bond motifs is 1. The molecule has 170 valence electrons. The molecular formula is C24H32N6O2. The van der Waals surface area contributed by atoms with Crippen LogP contribution in [0.1, 0.15) is 37.4 Å². The number of methoxy groups -OCH3 is 1. The highest BCUT2D eigenvalue weighted by atomic mass is 16.5. The molecule has 32 heavy (non-hydrogen) atoms. The minimum atomic E-state index is 0.232. The van der Waals surface area contributed by atoms with Gasteiger partial charge in [-0.25, -0.2) is 14.6 Å². The van der Waals surface area contributed by atoms with Crippen LogP contribution in [0.25, 0.3) is 16.7 Å². The fourth-order valence-corrected chi connectivity index (χ4v) is 4.14. The number of carbonyl (C=O) groups is 1. The summed E-state index contributed by atoms with van der Waals surface area (Å²) < 4.78 is 7.23. The summed E-state index contributed by atoms with van der Waals surface area (Å²) >= 11 is 0. The Labute approximate surface area is 189 Å². The number of carbonyl (C=O) groups excluding carboxylic acids is 1. The van der Waals surface area contributed by atoms with Crippen molar-refractivity contribution in [3.8, 4) is 5.69 Å². The lowest BCUT2D eigenvalue weighted by Gasteiger charge is -2.36. The zero-order valence-corrected chi connectivity index (χ0v) is 19.6. The number of amides is 1. The monoisotopic (exact) mass is 436 g/mol. The zero-order valence-electron chi connectivity index (χ0n) is 19.6. The molecule has 0 aliphatic carbocycles. The smallest absolute Gasteiger partial charge is 0.222 e. The number of benzene rings is 1. The van der Waals surface area contributed by atoms with Gasteiger partial charge in [-0.05, 0) is 31.9 Å². The van der Waals surface area contributed by atoms with E-state index in [9.17, 15) is 4.79 Å². The van der Waals surface area contributed by atoms with E-state index in [-0.39, 0.29) is 5.91 Å². The van der Waals surface area contributed by atoms with Crippen LogP contribution in [0.5, 0.6) is 0 Å². The van der Waals surface area contributed by atoms with Crippen LogP contribution in [0.3, 0.4) is 0 Å². The van der Waals surface area contributed by atoms with Gasteiger partial charge in [-0.15, -0.1) is 0 Å². The van der Waals surface area contributed by atoms with Crippen LogP contribution in [0.4, 0.5) is 5.82 Å². The molecule has 1 fully saturated rings. The Morgan fingerprint density at radius 1 is 1.06 bits per heavy atom. The van der Waals surface area contributed by atoms with Crippen molar-refractivity contribution in [2.75, 3.05) is 38.2 Å². The van der Waals surface area contributed by atoms with Gasteiger partial charge in [0.15, 0.2) is 11.5 Å². The SMILES string of the molecule is COCc1nc(N2CCN(C(=O)CC(C)C)CC2)c2c(C)nn(-c3ccc(C)cc3)c2n1. The van der Waals surface area contributed by atoms with Gasteiger partial charge in [-0.2, -0.15) is 5.10 Å². The van der Waals surface area contributed by atoms with E-state index in [4.69, 9.17) is 19.8 Å². The average molecular weight is 437 g/mol. The molecule has 4 rings (SSSR count). The number of piperazine rings is 1. The van der Waals surface area contributed by atoms with Crippen molar-refractivity contribution in [3.05, 3.63) is 41.3 Å². The number of hydrogen-bond donors (Lipinski definition) is 0. The molecular weight excluding hydrogens is 404 g/mol. The molecule has 1 aliphatic heterocycles. The molecule has 0 atom stereocenters. The van der Waals surface area contributed by atoms with Gasteiger partial charge in [0.1, 0.15) is 12.4 Å². The maximum absolute atomic E-state index is 12.5. The maximum Gasteiger partial charge on any atom is 0.222 e. The highest BCUT2D eigenvalue weighted by Gasteiger charge is 2.26. The number of aromatic nitrogens is 4. The molecule has 0 spiro atoms. The molecule has 1 amide bonds. The molecule has 1 aromatic carbocycles. The third kappa shape index (κ3) is 4.46. The van der Waals surface area contributed by atoms with E-state index in [0.29, 0.717) is 37.9 Å². The van der Waals surface area contributed by atoms with Crippen LogP contribution in [0.15, 0.2) is 24.3 Å². The minimum absolute atomic E-state index is 0.232. The number of hydrogen-bond acceptors (Lipinski definition) is 6. The van der Waals surface area contributed by atoms with Gasteiger partial charge in [-0.3, -0.25) is 4.79 Å². The lowest BCUT2D eigenvalue weighted by atomic mass is 10.1. The molecule has 0 bridgehead atoms. The van der Waals surface area contributed by atoms with Crippen molar-refractivity contribution in [1.82, 2.24) is 24.6 Å². The van der Waals surface area contributed by atoms with Crippen molar-refractivity contribution in [2.45, 2.75) is 40.7 Å². The fraction of sp³-hybridized carbons (Fsp3) is 0.500. The predicted octanol–water partition coefficient (Wildman–Crippen LogP) is 3.27.